The van der Waals surface area contributed by atoms with E-state index in [1.54, 1.807) is 0 Å². The molecule has 142 valence electrons. The minimum Gasteiger partial charge on any atom is -0.378 e. The summed E-state index contributed by atoms with van der Waals surface area (Å²) < 4.78 is 6.40. The lowest BCUT2D eigenvalue weighted by Crippen LogP contribution is -2.54. The standard InChI is InChI=1S/C23H38O2/c1-4-5-14-25-21-9-8-19-18-7-6-16-15-17(24)10-12-22(16,2)20(18)11-13-23(19,21)3/h16,18-21H,4-15H2,1-3H3/t16-,18-,19-,20-,21-,22-,23-/m0/s1. The van der Waals surface area contributed by atoms with Crippen molar-refractivity contribution in [1.82, 2.24) is 0 Å². The molecule has 0 heterocycles. The lowest BCUT2D eigenvalue weighted by atomic mass is 9.45. The zero-order chi connectivity index (χ0) is 17.7. The number of hydrogen-bond donors (Lipinski definition) is 0. The van der Waals surface area contributed by atoms with Crippen molar-refractivity contribution >= 4 is 5.78 Å². The summed E-state index contributed by atoms with van der Waals surface area (Å²) >= 11 is 0. The average Bonchev–Trinajstić information content (AvgIpc) is 2.92. The highest BCUT2D eigenvalue weighted by Gasteiger charge is 2.60. The van der Waals surface area contributed by atoms with Crippen LogP contribution in [0.15, 0.2) is 0 Å². The normalized spacial score (nSPS) is 49.4. The molecule has 2 heteroatoms. The Hall–Kier alpha value is -0.370. The number of carbonyl (C=O) groups is 1. The molecule has 0 unspecified atom stereocenters. The van der Waals surface area contributed by atoms with Crippen LogP contribution in [0.25, 0.3) is 0 Å². The molecule has 4 rings (SSSR count). The van der Waals surface area contributed by atoms with Gasteiger partial charge in [0.2, 0.25) is 0 Å². The van der Waals surface area contributed by atoms with Crippen molar-refractivity contribution in [3.63, 3.8) is 0 Å². The Morgan fingerprint density at radius 2 is 1.80 bits per heavy atom. The van der Waals surface area contributed by atoms with Gasteiger partial charge in [0.15, 0.2) is 0 Å². The van der Waals surface area contributed by atoms with Gasteiger partial charge in [-0.25, -0.2) is 0 Å². The van der Waals surface area contributed by atoms with Crippen molar-refractivity contribution in [1.29, 1.82) is 0 Å². The first-order valence-corrected chi connectivity index (χ1v) is 11.1. The first-order valence-electron chi connectivity index (χ1n) is 11.1. The third-order valence-corrected chi connectivity index (χ3v) is 9.21. The fourth-order valence-electron chi connectivity index (χ4n) is 7.64. The summed E-state index contributed by atoms with van der Waals surface area (Å²) in [6.07, 6.45) is 13.9. The molecule has 25 heavy (non-hydrogen) atoms. The summed E-state index contributed by atoms with van der Waals surface area (Å²) in [5.74, 6) is 3.84. The Kier molecular flexibility index (Phi) is 4.80. The predicted octanol–water partition coefficient (Wildman–Crippen LogP) is 5.78. The highest BCUT2D eigenvalue weighted by atomic mass is 16.5. The van der Waals surface area contributed by atoms with Crippen LogP contribution < -0.4 is 0 Å². The largest absolute Gasteiger partial charge is 0.378 e. The molecule has 7 atom stereocenters. The van der Waals surface area contributed by atoms with E-state index in [1.165, 1.54) is 51.4 Å². The molecule has 4 aliphatic rings. The topological polar surface area (TPSA) is 26.3 Å². The van der Waals surface area contributed by atoms with Gasteiger partial charge < -0.3 is 4.74 Å². The summed E-state index contributed by atoms with van der Waals surface area (Å²) in [4.78, 5) is 12.0. The van der Waals surface area contributed by atoms with Crippen LogP contribution >= 0.6 is 0 Å². The molecule has 0 bridgehead atoms. The van der Waals surface area contributed by atoms with Crippen LogP contribution in [0, 0.1) is 34.5 Å². The second kappa shape index (κ2) is 6.66. The van der Waals surface area contributed by atoms with Gasteiger partial charge in [-0.15, -0.1) is 0 Å². The third-order valence-electron chi connectivity index (χ3n) is 9.21. The summed E-state index contributed by atoms with van der Waals surface area (Å²) in [5.41, 5.74) is 0.863. The molecule has 4 fully saturated rings. The number of fused-ring (bicyclic) bond motifs is 5. The van der Waals surface area contributed by atoms with E-state index in [1.807, 2.05) is 0 Å². The Morgan fingerprint density at radius 3 is 2.60 bits per heavy atom. The molecule has 0 amide bonds. The Labute approximate surface area is 154 Å². The van der Waals surface area contributed by atoms with Crippen molar-refractivity contribution in [3.8, 4) is 0 Å². The maximum Gasteiger partial charge on any atom is 0.133 e. The van der Waals surface area contributed by atoms with Crippen molar-refractivity contribution in [3.05, 3.63) is 0 Å². The number of carbonyl (C=O) groups excluding carboxylic acids is 1. The fourth-order valence-corrected chi connectivity index (χ4v) is 7.64. The van der Waals surface area contributed by atoms with E-state index < -0.39 is 0 Å². The highest BCUT2D eigenvalue weighted by Crippen LogP contribution is 2.66. The van der Waals surface area contributed by atoms with Crippen LogP contribution in [0.4, 0.5) is 0 Å². The van der Waals surface area contributed by atoms with Gasteiger partial charge in [-0.05, 0) is 85.9 Å². The van der Waals surface area contributed by atoms with Gasteiger partial charge in [0, 0.05) is 19.4 Å². The molecule has 0 aromatic rings. The second-order valence-corrected chi connectivity index (χ2v) is 10.2. The van der Waals surface area contributed by atoms with Crippen LogP contribution in [0.1, 0.15) is 91.4 Å². The SMILES string of the molecule is CCCCO[C@H]1CC[C@H]2[C@@H]3CC[C@H]4CC(=O)CC[C@]4(C)[C@H]3CC[C@]12C. The summed E-state index contributed by atoms with van der Waals surface area (Å²) in [6.45, 7) is 8.31. The maximum absolute atomic E-state index is 12.0. The summed E-state index contributed by atoms with van der Waals surface area (Å²) in [5, 5.41) is 0. The fraction of sp³-hybridized carbons (Fsp3) is 0.957. The molecule has 0 spiro atoms. The van der Waals surface area contributed by atoms with E-state index >= 15 is 0 Å². The number of rotatable bonds is 4. The van der Waals surface area contributed by atoms with E-state index in [2.05, 4.69) is 20.8 Å². The minimum absolute atomic E-state index is 0.419. The van der Waals surface area contributed by atoms with Crippen LogP contribution in [0.5, 0.6) is 0 Å². The second-order valence-electron chi connectivity index (χ2n) is 10.2. The molecule has 4 aliphatic carbocycles. The van der Waals surface area contributed by atoms with Gasteiger partial charge in [0.1, 0.15) is 5.78 Å². The quantitative estimate of drug-likeness (QED) is 0.603. The first kappa shape index (κ1) is 18.0. The lowest BCUT2D eigenvalue weighted by Gasteiger charge is -2.60. The van der Waals surface area contributed by atoms with Gasteiger partial charge in [-0.2, -0.15) is 0 Å². The molecule has 0 radical (unpaired) electrons. The van der Waals surface area contributed by atoms with Gasteiger partial charge in [-0.3, -0.25) is 4.79 Å². The van der Waals surface area contributed by atoms with E-state index in [9.17, 15) is 4.79 Å². The maximum atomic E-state index is 12.0. The molecule has 0 N–H and O–H groups in total. The Morgan fingerprint density at radius 1 is 1.00 bits per heavy atom. The zero-order valence-corrected chi connectivity index (χ0v) is 16.7. The average molecular weight is 347 g/mol. The third kappa shape index (κ3) is 2.82. The van der Waals surface area contributed by atoms with Gasteiger partial charge in [-0.1, -0.05) is 27.2 Å². The van der Waals surface area contributed by atoms with Crippen molar-refractivity contribution in [2.24, 2.45) is 34.5 Å². The molecule has 2 nitrogen and oxygen atoms in total. The molecular weight excluding hydrogens is 308 g/mol. The Bertz CT molecular complexity index is 514. The molecule has 0 aromatic heterocycles. The Balaban J connectivity index is 1.51. The smallest absolute Gasteiger partial charge is 0.133 e. The molecule has 0 aliphatic heterocycles. The molecular formula is C23H38O2. The van der Waals surface area contributed by atoms with E-state index in [4.69, 9.17) is 4.74 Å². The highest BCUT2D eigenvalue weighted by molar-refractivity contribution is 5.79. The van der Waals surface area contributed by atoms with Crippen molar-refractivity contribution < 1.29 is 9.53 Å². The van der Waals surface area contributed by atoms with Crippen LogP contribution in [0.3, 0.4) is 0 Å². The monoisotopic (exact) mass is 346 g/mol. The molecule has 0 saturated heterocycles. The number of ketones is 1. The minimum atomic E-state index is 0.419. The van der Waals surface area contributed by atoms with Crippen molar-refractivity contribution in [2.75, 3.05) is 6.61 Å². The van der Waals surface area contributed by atoms with Crippen LogP contribution in [0.2, 0.25) is 0 Å². The zero-order valence-electron chi connectivity index (χ0n) is 16.7. The predicted molar refractivity (Wildman–Crippen MR) is 101 cm³/mol. The number of Topliss-reactive ketones (excluding diaryl/α,β-unsaturated/α-hetero) is 1. The molecule has 0 aromatic carbocycles. The van der Waals surface area contributed by atoms with Gasteiger partial charge in [0.05, 0.1) is 6.10 Å². The molecule has 4 saturated carbocycles. The lowest BCUT2D eigenvalue weighted by molar-refractivity contribution is -0.145. The van der Waals surface area contributed by atoms with Gasteiger partial charge >= 0.3 is 0 Å². The first-order chi connectivity index (χ1) is 12.0. The van der Waals surface area contributed by atoms with E-state index in [0.29, 0.717) is 28.6 Å². The van der Waals surface area contributed by atoms with E-state index in [0.717, 1.165) is 43.6 Å². The van der Waals surface area contributed by atoms with E-state index in [-0.39, 0.29) is 0 Å². The number of unbranched alkanes of at least 4 members (excludes halogenated alkanes) is 1. The van der Waals surface area contributed by atoms with Crippen LogP contribution in [-0.2, 0) is 9.53 Å². The van der Waals surface area contributed by atoms with Crippen LogP contribution in [-0.4, -0.2) is 18.5 Å². The summed E-state index contributed by atoms with van der Waals surface area (Å²) in [6, 6.07) is 0. The van der Waals surface area contributed by atoms with Gasteiger partial charge in [0.25, 0.3) is 0 Å². The number of ether oxygens (including phenoxy) is 1. The number of hydrogen-bond acceptors (Lipinski definition) is 2. The van der Waals surface area contributed by atoms with Crippen molar-refractivity contribution in [2.45, 2.75) is 97.5 Å². The summed E-state index contributed by atoms with van der Waals surface area (Å²) in [7, 11) is 0.